The number of rotatable bonds is 5. The molecular formula is C13H22N2OS. The van der Waals surface area contributed by atoms with E-state index in [-0.39, 0.29) is 5.54 Å². The number of nitrogens with one attached hydrogen (secondary N) is 1. The van der Waals surface area contributed by atoms with Gasteiger partial charge in [-0.2, -0.15) is 11.8 Å². The van der Waals surface area contributed by atoms with Gasteiger partial charge in [-0.3, -0.25) is 10.1 Å². The normalized spacial score (nSPS) is 32.2. The van der Waals surface area contributed by atoms with E-state index in [1.165, 1.54) is 12.8 Å². The van der Waals surface area contributed by atoms with E-state index in [0.717, 1.165) is 32.2 Å². The molecule has 1 amide bonds. The summed E-state index contributed by atoms with van der Waals surface area (Å²) in [5.74, 6) is 0.385. The maximum Gasteiger partial charge on any atom is 0.244 e. The van der Waals surface area contributed by atoms with Crippen LogP contribution in [0.4, 0.5) is 0 Å². The molecule has 1 atom stereocenters. The van der Waals surface area contributed by atoms with Crippen LogP contribution in [0.1, 0.15) is 45.4 Å². The van der Waals surface area contributed by atoms with Crippen LogP contribution in [0, 0.1) is 0 Å². The molecule has 96 valence electrons. The van der Waals surface area contributed by atoms with Crippen molar-refractivity contribution in [3.8, 4) is 0 Å². The number of nitrogens with zero attached hydrogens (tertiary/aromatic N) is 1. The van der Waals surface area contributed by atoms with Crippen molar-refractivity contribution in [2.75, 3.05) is 12.8 Å². The van der Waals surface area contributed by atoms with E-state index in [1.807, 2.05) is 11.8 Å². The van der Waals surface area contributed by atoms with Crippen LogP contribution in [0.25, 0.3) is 0 Å². The Morgan fingerprint density at radius 1 is 1.41 bits per heavy atom. The third kappa shape index (κ3) is 1.89. The molecule has 1 unspecified atom stereocenters. The fraction of sp³-hybridized carbons (Fsp3) is 0.923. The first-order valence-corrected chi connectivity index (χ1v) is 8.01. The molecule has 0 bridgehead atoms. The fourth-order valence-corrected chi connectivity index (χ4v) is 3.70. The van der Waals surface area contributed by atoms with Gasteiger partial charge < -0.3 is 4.90 Å². The highest BCUT2D eigenvalue weighted by molar-refractivity contribution is 8.00. The lowest BCUT2D eigenvalue weighted by Crippen LogP contribution is -2.41. The van der Waals surface area contributed by atoms with Crippen molar-refractivity contribution in [2.45, 2.75) is 61.9 Å². The largest absolute Gasteiger partial charge is 0.324 e. The van der Waals surface area contributed by atoms with Crippen LogP contribution in [-0.4, -0.2) is 40.1 Å². The van der Waals surface area contributed by atoms with Gasteiger partial charge in [-0.05, 0) is 38.4 Å². The van der Waals surface area contributed by atoms with Gasteiger partial charge in [0.1, 0.15) is 0 Å². The van der Waals surface area contributed by atoms with Crippen LogP contribution >= 0.6 is 11.8 Å². The van der Waals surface area contributed by atoms with Crippen LogP contribution in [-0.2, 0) is 4.79 Å². The second-order valence-electron chi connectivity index (χ2n) is 5.85. The van der Waals surface area contributed by atoms with Gasteiger partial charge in [0.15, 0.2) is 0 Å². The summed E-state index contributed by atoms with van der Waals surface area (Å²) < 4.78 is 0.393. The Labute approximate surface area is 108 Å². The zero-order chi connectivity index (χ0) is 12.1. The van der Waals surface area contributed by atoms with Crippen LogP contribution in [0.2, 0.25) is 0 Å². The van der Waals surface area contributed by atoms with Crippen LogP contribution in [0.3, 0.4) is 0 Å². The van der Waals surface area contributed by atoms with Crippen molar-refractivity contribution in [3.05, 3.63) is 0 Å². The van der Waals surface area contributed by atoms with E-state index in [1.54, 1.807) is 0 Å². The Bertz CT molecular complexity index is 336. The maximum atomic E-state index is 12.5. The predicted octanol–water partition coefficient (Wildman–Crippen LogP) is 1.97. The predicted molar refractivity (Wildman–Crippen MR) is 71.0 cm³/mol. The summed E-state index contributed by atoms with van der Waals surface area (Å²) in [6, 6.07) is 0. The molecule has 4 heteroatoms. The van der Waals surface area contributed by atoms with Crippen LogP contribution < -0.4 is 5.32 Å². The Morgan fingerprint density at radius 3 is 2.59 bits per heavy atom. The minimum atomic E-state index is -0.131. The molecule has 1 aliphatic heterocycles. The second-order valence-corrected chi connectivity index (χ2v) is 7.13. The molecule has 1 N–H and O–H groups in total. The average Bonchev–Trinajstić information content (AvgIpc) is 3.21. The Balaban J connectivity index is 1.73. The summed E-state index contributed by atoms with van der Waals surface area (Å²) in [5.41, 5.74) is -0.131. The molecule has 3 aliphatic rings. The summed E-state index contributed by atoms with van der Waals surface area (Å²) in [6.07, 6.45) is 9.39. The smallest absolute Gasteiger partial charge is 0.244 e. The second kappa shape index (κ2) is 3.89. The third-order valence-electron chi connectivity index (χ3n) is 4.50. The number of hydrogen-bond acceptors (Lipinski definition) is 3. The molecule has 3 rings (SSSR count). The van der Waals surface area contributed by atoms with E-state index in [4.69, 9.17) is 0 Å². The zero-order valence-corrected chi connectivity index (χ0v) is 11.6. The van der Waals surface area contributed by atoms with Gasteiger partial charge in [0.05, 0.1) is 11.7 Å². The Hall–Kier alpha value is -0.220. The van der Waals surface area contributed by atoms with Crippen molar-refractivity contribution in [3.63, 3.8) is 0 Å². The summed E-state index contributed by atoms with van der Waals surface area (Å²) in [4.78, 5) is 14.6. The zero-order valence-electron chi connectivity index (χ0n) is 10.8. The Kier molecular flexibility index (Phi) is 2.71. The lowest BCUT2D eigenvalue weighted by atomic mass is 10.2. The molecule has 1 heterocycles. The first kappa shape index (κ1) is 11.8. The molecule has 2 aliphatic carbocycles. The molecule has 3 fully saturated rings. The Morgan fingerprint density at radius 2 is 2.12 bits per heavy atom. The van der Waals surface area contributed by atoms with Crippen molar-refractivity contribution >= 4 is 17.7 Å². The number of amides is 1. The first-order chi connectivity index (χ1) is 8.15. The van der Waals surface area contributed by atoms with Gasteiger partial charge in [0.25, 0.3) is 0 Å². The van der Waals surface area contributed by atoms with Gasteiger partial charge in [0.2, 0.25) is 5.91 Å². The topological polar surface area (TPSA) is 32.3 Å². The van der Waals surface area contributed by atoms with Crippen molar-refractivity contribution < 1.29 is 4.79 Å². The molecule has 1 spiro atoms. The highest BCUT2D eigenvalue weighted by Gasteiger charge is 2.60. The van der Waals surface area contributed by atoms with E-state index < -0.39 is 0 Å². The maximum absolute atomic E-state index is 12.5. The lowest BCUT2D eigenvalue weighted by molar-refractivity contribution is -0.130. The molecule has 1 saturated heterocycles. The molecule has 0 aromatic heterocycles. The number of thioether (sulfide) groups is 1. The number of carbonyl (C=O) groups excluding carboxylic acids is 1. The SMILES string of the molecule is CCCC1NC2(CC2)C(=O)N1CC1(SC)CC1. The van der Waals surface area contributed by atoms with Crippen molar-refractivity contribution in [1.82, 2.24) is 10.2 Å². The van der Waals surface area contributed by atoms with Gasteiger partial charge in [-0.25, -0.2) is 0 Å². The monoisotopic (exact) mass is 254 g/mol. The average molecular weight is 254 g/mol. The molecule has 0 aromatic carbocycles. The van der Waals surface area contributed by atoms with Crippen LogP contribution in [0.15, 0.2) is 0 Å². The summed E-state index contributed by atoms with van der Waals surface area (Å²) in [5, 5.41) is 3.58. The first-order valence-electron chi connectivity index (χ1n) is 6.79. The van der Waals surface area contributed by atoms with E-state index >= 15 is 0 Å². The molecule has 0 radical (unpaired) electrons. The van der Waals surface area contributed by atoms with Gasteiger partial charge >= 0.3 is 0 Å². The quantitative estimate of drug-likeness (QED) is 0.814. The summed E-state index contributed by atoms with van der Waals surface area (Å²) in [7, 11) is 0. The molecular weight excluding hydrogens is 232 g/mol. The minimum Gasteiger partial charge on any atom is -0.324 e. The molecule has 2 saturated carbocycles. The van der Waals surface area contributed by atoms with E-state index in [0.29, 0.717) is 16.8 Å². The van der Waals surface area contributed by atoms with E-state index in [2.05, 4.69) is 23.4 Å². The van der Waals surface area contributed by atoms with E-state index in [9.17, 15) is 4.79 Å². The molecule has 0 aromatic rings. The van der Waals surface area contributed by atoms with Crippen molar-refractivity contribution in [2.24, 2.45) is 0 Å². The van der Waals surface area contributed by atoms with Gasteiger partial charge in [0, 0.05) is 11.3 Å². The lowest BCUT2D eigenvalue weighted by Gasteiger charge is -2.27. The highest BCUT2D eigenvalue weighted by atomic mass is 32.2. The summed E-state index contributed by atoms with van der Waals surface area (Å²) >= 11 is 1.95. The number of carbonyl (C=O) groups is 1. The van der Waals surface area contributed by atoms with Crippen LogP contribution in [0.5, 0.6) is 0 Å². The minimum absolute atomic E-state index is 0.131. The molecule has 3 nitrogen and oxygen atoms in total. The molecule has 17 heavy (non-hydrogen) atoms. The van der Waals surface area contributed by atoms with Crippen molar-refractivity contribution in [1.29, 1.82) is 0 Å². The van der Waals surface area contributed by atoms with Gasteiger partial charge in [-0.1, -0.05) is 13.3 Å². The standard InChI is InChI=1S/C13H22N2OS/c1-3-4-10-14-13(7-8-13)11(16)15(10)9-12(17-2)5-6-12/h10,14H,3-9H2,1-2H3. The van der Waals surface area contributed by atoms with Gasteiger partial charge in [-0.15, -0.1) is 0 Å². The number of hydrogen-bond donors (Lipinski definition) is 1. The fourth-order valence-electron chi connectivity index (χ4n) is 2.92. The highest BCUT2D eigenvalue weighted by Crippen LogP contribution is 2.50. The summed E-state index contributed by atoms with van der Waals surface area (Å²) in [6.45, 7) is 3.16. The third-order valence-corrected chi connectivity index (χ3v) is 5.90.